The smallest absolute Gasteiger partial charge is 0.267 e. The first-order chi connectivity index (χ1) is 7.70. The number of hydrogen-bond acceptors (Lipinski definition) is 4. The van der Waals surface area contributed by atoms with E-state index >= 15 is 0 Å². The number of unbranched alkanes of at least 4 members (excludes halogenated alkanes) is 1. The van der Waals surface area contributed by atoms with Crippen LogP contribution in [-0.2, 0) is 0 Å². The lowest BCUT2D eigenvalue weighted by Gasteiger charge is -2.20. The normalized spacial score (nSPS) is 10.4. The second kappa shape index (κ2) is 6.96. The van der Waals surface area contributed by atoms with E-state index in [9.17, 15) is 4.79 Å². The number of carbonyl (C=O) groups is 1. The Hall–Kier alpha value is -0.490. The van der Waals surface area contributed by atoms with E-state index in [0.29, 0.717) is 4.88 Å². The minimum absolute atomic E-state index is 0.0559. The average Bonchev–Trinajstić information content (AvgIpc) is 2.69. The van der Waals surface area contributed by atoms with Crippen LogP contribution in [0.1, 0.15) is 35.1 Å². The van der Waals surface area contributed by atoms with Gasteiger partial charge in [-0.1, -0.05) is 33.8 Å². The molecule has 1 rings (SSSR count). The van der Waals surface area contributed by atoms with Crippen LogP contribution in [0.25, 0.3) is 0 Å². The van der Waals surface area contributed by atoms with Gasteiger partial charge in [-0.2, -0.15) is 0 Å². The summed E-state index contributed by atoms with van der Waals surface area (Å²) in [7, 11) is 0. The van der Waals surface area contributed by atoms with E-state index in [4.69, 9.17) is 0 Å². The quantitative estimate of drug-likeness (QED) is 0.759. The van der Waals surface area contributed by atoms with E-state index in [-0.39, 0.29) is 5.91 Å². The number of amides is 1. The lowest BCUT2D eigenvalue weighted by atomic mass is 10.3. The number of carbonyl (C=O) groups excluding carboxylic acids is 1. The van der Waals surface area contributed by atoms with Gasteiger partial charge in [-0.15, -0.1) is 5.10 Å². The Morgan fingerprint density at radius 2 is 2.25 bits per heavy atom. The number of aryl methyl sites for hydroxylation is 1. The predicted octanol–water partition coefficient (Wildman–Crippen LogP) is 2.48. The van der Waals surface area contributed by atoms with Crippen LogP contribution >= 0.6 is 27.5 Å². The van der Waals surface area contributed by atoms with Crippen LogP contribution in [0, 0.1) is 6.92 Å². The zero-order valence-corrected chi connectivity index (χ0v) is 12.0. The SMILES string of the molecule is CCCCN(CCBr)C(=O)c1snnc1C. The summed E-state index contributed by atoms with van der Waals surface area (Å²) in [4.78, 5) is 14.7. The number of nitrogens with zero attached hydrogens (tertiary/aromatic N) is 3. The molecule has 0 unspecified atom stereocenters. The maximum absolute atomic E-state index is 12.2. The minimum Gasteiger partial charge on any atom is -0.337 e. The monoisotopic (exact) mass is 305 g/mol. The highest BCUT2D eigenvalue weighted by molar-refractivity contribution is 9.09. The number of rotatable bonds is 6. The summed E-state index contributed by atoms with van der Waals surface area (Å²) in [6.45, 7) is 5.48. The topological polar surface area (TPSA) is 46.1 Å². The molecule has 0 bridgehead atoms. The molecule has 0 aliphatic heterocycles. The van der Waals surface area contributed by atoms with Crippen molar-refractivity contribution in [1.82, 2.24) is 14.5 Å². The van der Waals surface area contributed by atoms with Gasteiger partial charge >= 0.3 is 0 Å². The van der Waals surface area contributed by atoms with Crippen molar-refractivity contribution in [3.63, 3.8) is 0 Å². The molecule has 0 radical (unpaired) electrons. The van der Waals surface area contributed by atoms with Crippen LogP contribution in [-0.4, -0.2) is 38.8 Å². The van der Waals surface area contributed by atoms with Crippen LogP contribution in [0.15, 0.2) is 0 Å². The molecule has 1 aromatic rings. The zero-order valence-electron chi connectivity index (χ0n) is 9.57. The van der Waals surface area contributed by atoms with Gasteiger partial charge in [-0.05, 0) is 24.9 Å². The Bertz CT molecular complexity index is 343. The predicted molar refractivity (Wildman–Crippen MR) is 69.3 cm³/mol. The molecule has 1 heterocycles. The van der Waals surface area contributed by atoms with Crippen molar-refractivity contribution in [2.24, 2.45) is 0 Å². The molecule has 0 aliphatic carbocycles. The highest BCUT2D eigenvalue weighted by Crippen LogP contribution is 2.13. The van der Waals surface area contributed by atoms with Crippen LogP contribution < -0.4 is 0 Å². The molecule has 4 nitrogen and oxygen atoms in total. The molecule has 0 fully saturated rings. The van der Waals surface area contributed by atoms with E-state index in [0.717, 1.165) is 37.0 Å². The molecule has 16 heavy (non-hydrogen) atoms. The maximum atomic E-state index is 12.2. The third kappa shape index (κ3) is 3.52. The Morgan fingerprint density at radius 1 is 1.50 bits per heavy atom. The largest absolute Gasteiger partial charge is 0.337 e. The number of halogens is 1. The van der Waals surface area contributed by atoms with E-state index in [1.807, 2.05) is 11.8 Å². The Morgan fingerprint density at radius 3 is 2.75 bits per heavy atom. The van der Waals surface area contributed by atoms with Crippen molar-refractivity contribution in [1.29, 1.82) is 0 Å². The van der Waals surface area contributed by atoms with Crippen molar-refractivity contribution >= 4 is 33.4 Å². The number of aromatic nitrogens is 2. The van der Waals surface area contributed by atoms with E-state index in [1.165, 1.54) is 11.5 Å². The molecule has 0 saturated carbocycles. The summed E-state index contributed by atoms with van der Waals surface area (Å²) in [5.41, 5.74) is 0.728. The lowest BCUT2D eigenvalue weighted by molar-refractivity contribution is 0.0768. The van der Waals surface area contributed by atoms with Gasteiger partial charge in [0.05, 0.1) is 5.69 Å². The van der Waals surface area contributed by atoms with E-state index in [2.05, 4.69) is 32.4 Å². The molecule has 0 spiro atoms. The fourth-order valence-electron chi connectivity index (χ4n) is 1.34. The minimum atomic E-state index is 0.0559. The van der Waals surface area contributed by atoms with Crippen LogP contribution in [0.5, 0.6) is 0 Å². The summed E-state index contributed by atoms with van der Waals surface area (Å²) in [5, 5.41) is 4.67. The molecule has 6 heteroatoms. The molecule has 1 aromatic heterocycles. The second-order valence-corrected chi connectivity index (χ2v) is 5.07. The maximum Gasteiger partial charge on any atom is 0.267 e. The van der Waals surface area contributed by atoms with Crippen LogP contribution in [0.3, 0.4) is 0 Å². The molecule has 0 aromatic carbocycles. The Labute approximate surface area is 108 Å². The molecule has 0 aliphatic rings. The average molecular weight is 306 g/mol. The number of hydrogen-bond donors (Lipinski definition) is 0. The van der Waals surface area contributed by atoms with Crippen LogP contribution in [0.4, 0.5) is 0 Å². The summed E-state index contributed by atoms with van der Waals surface area (Å²) >= 11 is 4.55. The van der Waals surface area contributed by atoms with Crippen molar-refractivity contribution in [3.8, 4) is 0 Å². The van der Waals surface area contributed by atoms with Gasteiger partial charge in [-0.3, -0.25) is 4.79 Å². The zero-order chi connectivity index (χ0) is 12.0. The van der Waals surface area contributed by atoms with Crippen molar-refractivity contribution in [3.05, 3.63) is 10.6 Å². The molecule has 0 N–H and O–H groups in total. The van der Waals surface area contributed by atoms with Gasteiger partial charge in [0.15, 0.2) is 0 Å². The molecule has 1 amide bonds. The molecular formula is C10H16BrN3OS. The highest BCUT2D eigenvalue weighted by Gasteiger charge is 2.19. The fraction of sp³-hybridized carbons (Fsp3) is 0.700. The first-order valence-corrected chi connectivity index (χ1v) is 7.24. The first-order valence-electron chi connectivity index (χ1n) is 5.34. The van der Waals surface area contributed by atoms with Crippen molar-refractivity contribution in [2.75, 3.05) is 18.4 Å². The second-order valence-electron chi connectivity index (χ2n) is 3.52. The van der Waals surface area contributed by atoms with Gasteiger partial charge < -0.3 is 4.90 Å². The summed E-state index contributed by atoms with van der Waals surface area (Å²) in [6, 6.07) is 0. The fourth-order valence-corrected chi connectivity index (χ4v) is 2.39. The molecule has 0 saturated heterocycles. The van der Waals surface area contributed by atoms with Crippen molar-refractivity contribution in [2.45, 2.75) is 26.7 Å². The molecular weight excluding hydrogens is 290 g/mol. The highest BCUT2D eigenvalue weighted by atomic mass is 79.9. The van der Waals surface area contributed by atoms with Crippen LogP contribution in [0.2, 0.25) is 0 Å². The van der Waals surface area contributed by atoms with Gasteiger partial charge in [0, 0.05) is 18.4 Å². The van der Waals surface area contributed by atoms with E-state index in [1.54, 1.807) is 0 Å². The van der Waals surface area contributed by atoms with Gasteiger partial charge in [0.25, 0.3) is 5.91 Å². The summed E-state index contributed by atoms with van der Waals surface area (Å²) in [6.07, 6.45) is 2.12. The summed E-state index contributed by atoms with van der Waals surface area (Å²) < 4.78 is 3.80. The third-order valence-electron chi connectivity index (χ3n) is 2.27. The first kappa shape index (κ1) is 13.6. The number of alkyl halides is 1. The Balaban J connectivity index is 2.70. The van der Waals surface area contributed by atoms with Gasteiger partial charge in [0.2, 0.25) is 0 Å². The third-order valence-corrected chi connectivity index (χ3v) is 3.44. The summed E-state index contributed by atoms with van der Waals surface area (Å²) in [5.74, 6) is 0.0559. The molecule has 0 atom stereocenters. The van der Waals surface area contributed by atoms with Gasteiger partial charge in [0.1, 0.15) is 4.88 Å². The van der Waals surface area contributed by atoms with Crippen molar-refractivity contribution < 1.29 is 4.79 Å². The lowest BCUT2D eigenvalue weighted by Crippen LogP contribution is -2.33. The molecule has 90 valence electrons. The Kier molecular flexibility index (Phi) is 5.90. The standard InChI is InChI=1S/C10H16BrN3OS/c1-3-4-6-14(7-5-11)10(15)9-8(2)12-13-16-9/h3-7H2,1-2H3. The van der Waals surface area contributed by atoms with E-state index < -0.39 is 0 Å². The van der Waals surface area contributed by atoms with Gasteiger partial charge in [-0.25, -0.2) is 0 Å².